The van der Waals surface area contributed by atoms with Gasteiger partial charge in [-0.25, -0.2) is 8.78 Å². The molecule has 0 atom stereocenters. The number of aromatic nitrogens is 3. The Morgan fingerprint density at radius 2 is 1.39 bits per heavy atom. The zero-order valence-electron chi connectivity index (χ0n) is 42.3. The molecule has 6 aromatic rings. The first-order chi connectivity index (χ1) is 33.0. The van der Waals surface area contributed by atoms with Gasteiger partial charge in [0.25, 0.3) is 8.32 Å². The van der Waals surface area contributed by atoms with E-state index in [4.69, 9.17) is 33.6 Å². The molecule has 1 saturated heterocycles. The number of nitrogens with zero attached hydrogens (tertiary/aromatic N) is 4. The van der Waals surface area contributed by atoms with E-state index in [1.54, 1.807) is 25.4 Å². The van der Waals surface area contributed by atoms with Crippen LogP contribution in [0.4, 0.5) is 14.6 Å². The van der Waals surface area contributed by atoms with Gasteiger partial charge in [-0.05, 0) is 81.3 Å². The molecule has 8 rings (SSSR count). The maximum absolute atomic E-state index is 17.9. The Morgan fingerprint density at radius 3 is 1.96 bits per heavy atom. The van der Waals surface area contributed by atoms with E-state index in [-0.39, 0.29) is 40.0 Å². The third kappa shape index (κ3) is 9.94. The molecule has 0 bridgehead atoms. The summed E-state index contributed by atoms with van der Waals surface area (Å²) in [7, 11) is -3.57. The zero-order valence-corrected chi connectivity index (χ0v) is 44.3. The minimum Gasteiger partial charge on any atom is -0.468 e. The molecule has 0 spiro atoms. The van der Waals surface area contributed by atoms with Crippen LogP contribution >= 0.6 is 0 Å². The minimum atomic E-state index is -2.81. The molecular weight excluding hydrogens is 899 g/mol. The summed E-state index contributed by atoms with van der Waals surface area (Å²) in [6.45, 7) is 22.6. The van der Waals surface area contributed by atoms with Gasteiger partial charge >= 0.3 is 6.01 Å². The van der Waals surface area contributed by atoms with Crippen LogP contribution in [0.15, 0.2) is 91.1 Å². The largest absolute Gasteiger partial charge is 0.468 e. The molecule has 3 heterocycles. The average Bonchev–Trinajstić information content (AvgIpc) is 4.15. The molecule has 2 fully saturated rings. The molecule has 0 radical (unpaired) electrons. The second kappa shape index (κ2) is 20.6. The summed E-state index contributed by atoms with van der Waals surface area (Å²) in [6, 6.07) is 28.1. The summed E-state index contributed by atoms with van der Waals surface area (Å²) in [6.07, 6.45) is 7.70. The first-order valence-corrected chi connectivity index (χ1v) is 29.1. The summed E-state index contributed by atoms with van der Waals surface area (Å²) in [4.78, 5) is 17.0. The predicted molar refractivity (Wildman–Crippen MR) is 282 cm³/mol. The molecule has 0 unspecified atom stereocenters. The number of rotatable bonds is 16. The van der Waals surface area contributed by atoms with Gasteiger partial charge in [-0.15, -0.1) is 5.54 Å². The van der Waals surface area contributed by atoms with Gasteiger partial charge in [-0.3, -0.25) is 4.98 Å². The maximum Gasteiger partial charge on any atom is 0.319 e. The van der Waals surface area contributed by atoms with Crippen molar-refractivity contribution in [2.75, 3.05) is 45.1 Å². The normalized spacial score (nSPS) is 15.4. The van der Waals surface area contributed by atoms with E-state index in [1.165, 1.54) is 16.4 Å². The average molecular weight is 969 g/mol. The number of halogens is 2. The van der Waals surface area contributed by atoms with E-state index < -0.39 is 28.0 Å². The molecule has 4 aromatic carbocycles. The quantitative estimate of drug-likeness (QED) is 0.0539. The molecule has 1 saturated carbocycles. The topological polar surface area (TPSA) is 78.8 Å². The summed E-state index contributed by atoms with van der Waals surface area (Å²) in [5, 5.41) is 3.87. The monoisotopic (exact) mass is 968 g/mol. The van der Waals surface area contributed by atoms with Crippen LogP contribution in [0.5, 0.6) is 11.8 Å². The number of fused-ring (bicyclic) bond motifs is 2. The van der Waals surface area contributed by atoms with E-state index in [9.17, 15) is 0 Å². The van der Waals surface area contributed by atoms with Crippen LogP contribution in [0, 0.1) is 28.5 Å². The molecule has 12 heteroatoms. The Labute approximate surface area is 410 Å². The minimum absolute atomic E-state index is 0.00735. The van der Waals surface area contributed by atoms with Gasteiger partial charge in [0, 0.05) is 49.4 Å². The fourth-order valence-electron chi connectivity index (χ4n) is 11.1. The van der Waals surface area contributed by atoms with Gasteiger partial charge in [0.1, 0.15) is 36.7 Å². The Balaban J connectivity index is 1.23. The Morgan fingerprint density at radius 1 is 0.768 bits per heavy atom. The third-order valence-electron chi connectivity index (χ3n) is 14.9. The molecule has 2 aromatic heterocycles. The van der Waals surface area contributed by atoms with Crippen LogP contribution < -0.4 is 24.7 Å². The van der Waals surface area contributed by atoms with E-state index in [0.717, 1.165) is 51.6 Å². The molecule has 1 aliphatic heterocycles. The smallest absolute Gasteiger partial charge is 0.319 e. The molecular formula is C57H70F2N4O4Si2. The van der Waals surface area contributed by atoms with Crippen molar-refractivity contribution in [2.24, 2.45) is 5.41 Å². The summed E-state index contributed by atoms with van der Waals surface area (Å²) in [5.41, 5.74) is 5.10. The number of pyridine rings is 1. The first kappa shape index (κ1) is 50.2. The van der Waals surface area contributed by atoms with E-state index >= 15 is 8.78 Å². The predicted octanol–water partition coefficient (Wildman–Crippen LogP) is 12.8. The highest BCUT2D eigenvalue weighted by Crippen LogP contribution is 2.49. The molecule has 0 N–H and O–H groups in total. The van der Waals surface area contributed by atoms with Gasteiger partial charge in [0.05, 0.1) is 17.6 Å². The number of anilines is 1. The number of methoxy groups -OCH3 is 1. The van der Waals surface area contributed by atoms with Crippen molar-refractivity contribution in [1.82, 2.24) is 15.0 Å². The fourth-order valence-corrected chi connectivity index (χ4v) is 21.0. The van der Waals surface area contributed by atoms with Crippen LogP contribution in [0.3, 0.4) is 0 Å². The molecule has 8 nitrogen and oxygen atoms in total. The molecule has 2 aliphatic rings. The lowest BCUT2D eigenvalue weighted by Gasteiger charge is -2.43. The lowest BCUT2D eigenvalue weighted by Crippen LogP contribution is -2.67. The standard InChI is InChI=1S/C57H70F2N4O4Si2/c1-39(2)68(40(3)4,41(5)6)32-27-46-49(58)26-25-42-33-43(66-38-64-10)34-47(50(42)46)52-51(59)53-48(35-60-52)54(63-30-19-11-12-20-31-63)62-55(61-53)65-36-57(28-29-57)37-67-69(56(7,8)9,44-21-15-13-16-22-44)45-23-17-14-18-24-45/h13-18,21-26,33-35,39-41H,11-12,19-20,28-31,36-38H2,1-10H3. The Bertz CT molecular complexity index is 2750. The van der Waals surface area contributed by atoms with Crippen molar-refractivity contribution in [3.8, 4) is 34.5 Å². The summed E-state index contributed by atoms with van der Waals surface area (Å²) in [5.74, 6) is 3.27. The van der Waals surface area contributed by atoms with Crippen LogP contribution in [0.1, 0.15) is 106 Å². The number of ether oxygens (including phenoxy) is 3. The number of benzene rings is 4. The van der Waals surface area contributed by atoms with Gasteiger partial charge in [-0.2, -0.15) is 9.97 Å². The van der Waals surface area contributed by atoms with Crippen LogP contribution in [-0.4, -0.2) is 71.5 Å². The maximum atomic E-state index is 17.9. The van der Waals surface area contributed by atoms with E-state index in [1.807, 2.05) is 6.07 Å². The SMILES string of the molecule is COCOc1cc(-c2ncc3c(N4CCCCCC4)nc(OCC4(CO[Si](c5ccccc5)(c5ccccc5)C(C)(C)C)CC4)nc3c2F)c2c(C#C[Si](C(C)C)(C(C)C)C(C)C)c(F)ccc2c1. The van der Waals surface area contributed by atoms with Gasteiger partial charge in [0.2, 0.25) is 0 Å². The fraction of sp³-hybridized carbons (Fsp3) is 0.456. The van der Waals surface area contributed by atoms with Gasteiger partial charge < -0.3 is 23.5 Å². The zero-order chi connectivity index (χ0) is 49.1. The number of hydrogen-bond acceptors (Lipinski definition) is 8. The highest BCUT2D eigenvalue weighted by atomic mass is 28.4. The molecule has 0 amide bonds. The van der Waals surface area contributed by atoms with Crippen molar-refractivity contribution in [2.45, 2.75) is 123 Å². The first-order valence-electron chi connectivity index (χ1n) is 25.0. The highest BCUT2D eigenvalue weighted by molar-refractivity contribution is 6.99. The summed E-state index contributed by atoms with van der Waals surface area (Å²) < 4.78 is 59.7. The second-order valence-electron chi connectivity index (χ2n) is 21.3. The second-order valence-corrected chi connectivity index (χ2v) is 31.2. The van der Waals surface area contributed by atoms with Crippen molar-refractivity contribution in [3.63, 3.8) is 0 Å². The summed E-state index contributed by atoms with van der Waals surface area (Å²) >= 11 is 0. The van der Waals surface area contributed by atoms with Gasteiger partial charge in [-0.1, -0.05) is 148 Å². The Hall–Kier alpha value is -5.20. The van der Waals surface area contributed by atoms with Gasteiger partial charge in [0.15, 0.2) is 12.6 Å². The van der Waals surface area contributed by atoms with Crippen molar-refractivity contribution < 1.29 is 27.4 Å². The van der Waals surface area contributed by atoms with Crippen LogP contribution in [0.2, 0.25) is 21.7 Å². The van der Waals surface area contributed by atoms with Crippen molar-refractivity contribution >= 4 is 54.3 Å². The molecule has 69 heavy (non-hydrogen) atoms. The molecule has 1 aliphatic carbocycles. The number of hydrogen-bond donors (Lipinski definition) is 0. The highest BCUT2D eigenvalue weighted by Gasteiger charge is 2.53. The van der Waals surface area contributed by atoms with Crippen LogP contribution in [-0.2, 0) is 9.16 Å². The molecule has 364 valence electrons. The lowest BCUT2D eigenvalue weighted by molar-refractivity contribution is 0.0512. The van der Waals surface area contributed by atoms with Crippen molar-refractivity contribution in [1.29, 1.82) is 0 Å². The van der Waals surface area contributed by atoms with Crippen molar-refractivity contribution in [3.05, 3.63) is 108 Å². The lowest BCUT2D eigenvalue weighted by atomic mass is 9.95. The third-order valence-corrected chi connectivity index (χ3v) is 26.2. The van der Waals surface area contributed by atoms with E-state index in [0.29, 0.717) is 63.1 Å². The Kier molecular flexibility index (Phi) is 15.0. The van der Waals surface area contributed by atoms with E-state index in [2.05, 4.69) is 139 Å². The van der Waals surface area contributed by atoms with Crippen LogP contribution in [0.25, 0.3) is 32.9 Å².